The zero-order chi connectivity index (χ0) is 15.8. The molecule has 0 fully saturated rings. The molecule has 1 aromatic carbocycles. The molecule has 2 nitrogen and oxygen atoms in total. The van der Waals surface area contributed by atoms with E-state index >= 15 is 0 Å². The normalized spacial score (nSPS) is 11.6. The summed E-state index contributed by atoms with van der Waals surface area (Å²) >= 11 is 3.72. The Morgan fingerprint density at radius 2 is 2.00 bits per heavy atom. The highest BCUT2D eigenvalue weighted by Crippen LogP contribution is 2.21. The number of halogens is 1. The fourth-order valence-corrected chi connectivity index (χ4v) is 2.73. The van der Waals surface area contributed by atoms with Crippen LogP contribution in [-0.4, -0.2) is 24.0 Å². The zero-order valence-electron chi connectivity index (χ0n) is 13.8. The molecule has 0 atom stereocenters. The van der Waals surface area contributed by atoms with Crippen LogP contribution in [0.25, 0.3) is 0 Å². The Balaban J connectivity index is 2.66. The molecule has 0 spiro atoms. The Morgan fingerprint density at radius 3 is 2.52 bits per heavy atom. The Labute approximate surface area is 138 Å². The molecular weight excluding hydrogens is 324 g/mol. The average Bonchev–Trinajstić information content (AvgIpc) is 2.40. The van der Waals surface area contributed by atoms with Crippen molar-refractivity contribution in [3.63, 3.8) is 0 Å². The molecule has 0 aromatic heterocycles. The van der Waals surface area contributed by atoms with Gasteiger partial charge in [0.05, 0.1) is 0 Å². The van der Waals surface area contributed by atoms with E-state index in [4.69, 9.17) is 0 Å². The van der Waals surface area contributed by atoms with E-state index in [1.807, 2.05) is 6.08 Å². The summed E-state index contributed by atoms with van der Waals surface area (Å²) in [6, 6.07) is 7.20. The standard InChI is InChI=1S/C18H29BrN2/c1-6-9-21(15(4)5)13-17-8-7-16(10-18(17)19)12-20-11-14(2)3/h6-8,10,14-15,20H,1,9,11-13H2,2-5H3. The maximum Gasteiger partial charge on any atom is 0.0250 e. The van der Waals surface area contributed by atoms with Crippen LogP contribution in [0.1, 0.15) is 38.8 Å². The van der Waals surface area contributed by atoms with E-state index in [1.165, 1.54) is 15.6 Å². The molecular formula is C18H29BrN2. The smallest absolute Gasteiger partial charge is 0.0250 e. The first-order valence-electron chi connectivity index (χ1n) is 7.77. The maximum atomic E-state index is 3.85. The molecule has 0 aliphatic rings. The summed E-state index contributed by atoms with van der Waals surface area (Å²) in [4.78, 5) is 2.41. The number of benzene rings is 1. The van der Waals surface area contributed by atoms with Gasteiger partial charge in [0.1, 0.15) is 0 Å². The molecule has 118 valence electrons. The third-order valence-corrected chi connectivity index (χ3v) is 4.20. The average molecular weight is 353 g/mol. The minimum Gasteiger partial charge on any atom is -0.312 e. The molecule has 0 amide bonds. The van der Waals surface area contributed by atoms with Gasteiger partial charge < -0.3 is 5.32 Å². The van der Waals surface area contributed by atoms with Gasteiger partial charge in [0, 0.05) is 30.1 Å². The van der Waals surface area contributed by atoms with E-state index in [-0.39, 0.29) is 0 Å². The van der Waals surface area contributed by atoms with Crippen LogP contribution >= 0.6 is 15.9 Å². The lowest BCUT2D eigenvalue weighted by Crippen LogP contribution is -2.30. The highest BCUT2D eigenvalue weighted by atomic mass is 79.9. The van der Waals surface area contributed by atoms with Crippen LogP contribution in [-0.2, 0) is 13.1 Å². The van der Waals surface area contributed by atoms with E-state index in [2.05, 4.69) is 78.6 Å². The first kappa shape index (κ1) is 18.4. The van der Waals surface area contributed by atoms with Gasteiger partial charge in [-0.2, -0.15) is 0 Å². The van der Waals surface area contributed by atoms with Crippen molar-refractivity contribution in [3.8, 4) is 0 Å². The van der Waals surface area contributed by atoms with Crippen LogP contribution in [0.4, 0.5) is 0 Å². The molecule has 3 heteroatoms. The molecule has 0 unspecified atom stereocenters. The lowest BCUT2D eigenvalue weighted by molar-refractivity contribution is 0.237. The molecule has 21 heavy (non-hydrogen) atoms. The van der Waals surface area contributed by atoms with Crippen molar-refractivity contribution in [3.05, 3.63) is 46.5 Å². The molecule has 0 saturated heterocycles. The Morgan fingerprint density at radius 1 is 1.29 bits per heavy atom. The third-order valence-electron chi connectivity index (χ3n) is 3.47. The molecule has 0 saturated carbocycles. The van der Waals surface area contributed by atoms with Crippen LogP contribution in [0.3, 0.4) is 0 Å². The van der Waals surface area contributed by atoms with Crippen LogP contribution in [0.2, 0.25) is 0 Å². The summed E-state index contributed by atoms with van der Waals surface area (Å²) in [7, 11) is 0. The summed E-state index contributed by atoms with van der Waals surface area (Å²) in [5.41, 5.74) is 2.66. The van der Waals surface area contributed by atoms with Crippen molar-refractivity contribution in [1.29, 1.82) is 0 Å². The van der Waals surface area contributed by atoms with Crippen molar-refractivity contribution in [2.24, 2.45) is 5.92 Å². The quantitative estimate of drug-likeness (QED) is 0.653. The van der Waals surface area contributed by atoms with Gasteiger partial charge in [-0.05, 0) is 43.5 Å². The van der Waals surface area contributed by atoms with Gasteiger partial charge in [0.15, 0.2) is 0 Å². The number of rotatable bonds is 9. The van der Waals surface area contributed by atoms with Gasteiger partial charge in [0.2, 0.25) is 0 Å². The van der Waals surface area contributed by atoms with E-state index in [0.29, 0.717) is 12.0 Å². The highest BCUT2D eigenvalue weighted by Gasteiger charge is 2.10. The molecule has 0 heterocycles. The molecule has 1 rings (SSSR count). The van der Waals surface area contributed by atoms with Crippen molar-refractivity contribution >= 4 is 15.9 Å². The predicted molar refractivity (Wildman–Crippen MR) is 96.4 cm³/mol. The summed E-state index contributed by atoms with van der Waals surface area (Å²) in [6.07, 6.45) is 1.97. The minimum atomic E-state index is 0.516. The predicted octanol–water partition coefficient (Wildman–Crippen LogP) is 4.59. The monoisotopic (exact) mass is 352 g/mol. The Bertz CT molecular complexity index is 441. The van der Waals surface area contributed by atoms with Gasteiger partial charge in [0.25, 0.3) is 0 Å². The van der Waals surface area contributed by atoms with Crippen molar-refractivity contribution < 1.29 is 0 Å². The summed E-state index contributed by atoms with van der Waals surface area (Å²) < 4.78 is 1.20. The molecule has 0 bridgehead atoms. The van der Waals surface area contributed by atoms with Crippen molar-refractivity contribution in [2.75, 3.05) is 13.1 Å². The third kappa shape index (κ3) is 6.77. The molecule has 0 aliphatic carbocycles. The number of nitrogens with one attached hydrogen (secondary N) is 1. The van der Waals surface area contributed by atoms with Crippen LogP contribution in [0.15, 0.2) is 35.3 Å². The topological polar surface area (TPSA) is 15.3 Å². The van der Waals surface area contributed by atoms with Crippen molar-refractivity contribution in [2.45, 2.75) is 46.8 Å². The van der Waals surface area contributed by atoms with Crippen LogP contribution in [0, 0.1) is 5.92 Å². The molecule has 1 N–H and O–H groups in total. The first-order chi connectivity index (χ1) is 9.93. The van der Waals surface area contributed by atoms with Gasteiger partial charge in [-0.1, -0.05) is 48.0 Å². The second-order valence-electron chi connectivity index (χ2n) is 6.26. The summed E-state index contributed by atoms with van der Waals surface area (Å²) in [5, 5.41) is 3.48. The number of nitrogens with zero attached hydrogens (tertiary/aromatic N) is 1. The number of hydrogen-bond acceptors (Lipinski definition) is 2. The van der Waals surface area contributed by atoms with Gasteiger partial charge in [-0.3, -0.25) is 4.90 Å². The van der Waals surface area contributed by atoms with Crippen LogP contribution in [0.5, 0.6) is 0 Å². The SMILES string of the molecule is C=CCN(Cc1ccc(CNCC(C)C)cc1Br)C(C)C. The Hall–Kier alpha value is -0.640. The zero-order valence-corrected chi connectivity index (χ0v) is 15.4. The van der Waals surface area contributed by atoms with E-state index in [9.17, 15) is 0 Å². The Kier molecular flexibility index (Phi) is 8.23. The van der Waals surface area contributed by atoms with E-state index in [1.54, 1.807) is 0 Å². The number of hydrogen-bond donors (Lipinski definition) is 1. The second-order valence-corrected chi connectivity index (χ2v) is 7.12. The van der Waals surface area contributed by atoms with Gasteiger partial charge in [-0.15, -0.1) is 6.58 Å². The lowest BCUT2D eigenvalue weighted by atomic mass is 10.1. The first-order valence-corrected chi connectivity index (χ1v) is 8.56. The fourth-order valence-electron chi connectivity index (χ4n) is 2.18. The molecule has 0 radical (unpaired) electrons. The minimum absolute atomic E-state index is 0.516. The molecule has 0 aliphatic heterocycles. The summed E-state index contributed by atoms with van der Waals surface area (Å²) in [5.74, 6) is 0.686. The van der Waals surface area contributed by atoms with E-state index in [0.717, 1.165) is 26.2 Å². The van der Waals surface area contributed by atoms with Crippen molar-refractivity contribution in [1.82, 2.24) is 10.2 Å². The summed E-state index contributed by atoms with van der Waals surface area (Å²) in [6.45, 7) is 16.6. The second kappa shape index (κ2) is 9.39. The lowest BCUT2D eigenvalue weighted by Gasteiger charge is -2.25. The van der Waals surface area contributed by atoms with E-state index < -0.39 is 0 Å². The highest BCUT2D eigenvalue weighted by molar-refractivity contribution is 9.10. The van der Waals surface area contributed by atoms with Gasteiger partial charge in [-0.25, -0.2) is 0 Å². The molecule has 1 aromatic rings. The maximum absolute atomic E-state index is 3.85. The fraction of sp³-hybridized carbons (Fsp3) is 0.556. The largest absolute Gasteiger partial charge is 0.312 e. The van der Waals surface area contributed by atoms with Gasteiger partial charge >= 0.3 is 0 Å². The van der Waals surface area contributed by atoms with Crippen LogP contribution < -0.4 is 5.32 Å².